The summed E-state index contributed by atoms with van der Waals surface area (Å²) in [6.07, 6.45) is 7.00. The number of hydrogen-bond donors (Lipinski definition) is 2. The van der Waals surface area contributed by atoms with E-state index in [0.29, 0.717) is 12.0 Å². The molecule has 2 aromatic rings. The predicted molar refractivity (Wildman–Crippen MR) is 100 cm³/mol. The highest BCUT2D eigenvalue weighted by Gasteiger charge is 2.19. The maximum absolute atomic E-state index is 12.2. The zero-order chi connectivity index (χ0) is 18.3. The third-order valence-electron chi connectivity index (χ3n) is 4.17. The van der Waals surface area contributed by atoms with Gasteiger partial charge in [-0.1, -0.05) is 46.6 Å². The standard InChI is InChI=1S/C19H31N5O/c1-5-10-15(17-23-22-16-11-6-9-14-24(16)17)21-18(25)20-13-8-7-12-19(2,3)4/h6,9,11,14-15H,5,7-8,10,12-13H2,1-4H3,(H2,20,21,25). The molecule has 0 radical (unpaired) electrons. The Balaban J connectivity index is 1.87. The lowest BCUT2D eigenvalue weighted by Crippen LogP contribution is -2.39. The molecule has 6 nitrogen and oxygen atoms in total. The van der Waals surface area contributed by atoms with Gasteiger partial charge in [0.1, 0.15) is 0 Å². The number of aromatic nitrogens is 3. The van der Waals surface area contributed by atoms with Crippen LogP contribution in [0.5, 0.6) is 0 Å². The first kappa shape index (κ1) is 19.2. The van der Waals surface area contributed by atoms with E-state index in [2.05, 4.69) is 48.5 Å². The lowest BCUT2D eigenvalue weighted by atomic mass is 9.90. The first-order valence-electron chi connectivity index (χ1n) is 9.25. The van der Waals surface area contributed by atoms with Gasteiger partial charge in [-0.3, -0.25) is 4.40 Å². The molecule has 0 bridgehead atoms. The number of rotatable bonds is 8. The van der Waals surface area contributed by atoms with Crippen LogP contribution in [0.25, 0.3) is 5.65 Å². The van der Waals surface area contributed by atoms with E-state index in [1.807, 2.05) is 28.8 Å². The third-order valence-corrected chi connectivity index (χ3v) is 4.17. The van der Waals surface area contributed by atoms with Crippen LogP contribution in [0.1, 0.15) is 71.7 Å². The highest BCUT2D eigenvalue weighted by atomic mass is 16.2. The van der Waals surface area contributed by atoms with E-state index in [1.54, 1.807) is 0 Å². The number of carbonyl (C=O) groups is 1. The topological polar surface area (TPSA) is 71.3 Å². The normalized spacial score (nSPS) is 13.0. The molecule has 2 heterocycles. The van der Waals surface area contributed by atoms with Gasteiger partial charge in [-0.05, 0) is 36.8 Å². The summed E-state index contributed by atoms with van der Waals surface area (Å²) < 4.78 is 1.93. The molecule has 2 aromatic heterocycles. The minimum atomic E-state index is -0.142. The molecular weight excluding hydrogens is 314 g/mol. The second-order valence-electron chi connectivity index (χ2n) is 7.75. The quantitative estimate of drug-likeness (QED) is 0.708. The van der Waals surface area contributed by atoms with Crippen molar-refractivity contribution >= 4 is 11.7 Å². The largest absolute Gasteiger partial charge is 0.338 e. The van der Waals surface area contributed by atoms with Crippen LogP contribution in [-0.2, 0) is 0 Å². The van der Waals surface area contributed by atoms with E-state index < -0.39 is 0 Å². The van der Waals surface area contributed by atoms with Crippen molar-refractivity contribution in [3.63, 3.8) is 0 Å². The Morgan fingerprint density at radius 3 is 2.76 bits per heavy atom. The highest BCUT2D eigenvalue weighted by Crippen LogP contribution is 2.21. The van der Waals surface area contributed by atoms with Crippen LogP contribution in [0, 0.1) is 5.41 Å². The van der Waals surface area contributed by atoms with Crippen LogP contribution in [0.3, 0.4) is 0 Å². The second kappa shape index (κ2) is 8.83. The van der Waals surface area contributed by atoms with E-state index >= 15 is 0 Å². The summed E-state index contributed by atoms with van der Waals surface area (Å²) >= 11 is 0. The fraction of sp³-hybridized carbons (Fsp3) is 0.632. The van der Waals surface area contributed by atoms with Crippen LogP contribution < -0.4 is 10.6 Å². The van der Waals surface area contributed by atoms with Gasteiger partial charge in [0.25, 0.3) is 0 Å². The molecule has 0 aromatic carbocycles. The van der Waals surface area contributed by atoms with Crippen molar-refractivity contribution in [2.45, 2.75) is 65.8 Å². The fourth-order valence-electron chi connectivity index (χ4n) is 2.84. The zero-order valence-corrected chi connectivity index (χ0v) is 15.9. The summed E-state index contributed by atoms with van der Waals surface area (Å²) in [5, 5.41) is 14.5. The molecule has 1 unspecified atom stereocenters. The molecule has 0 fully saturated rings. The van der Waals surface area contributed by atoms with Gasteiger partial charge in [-0.25, -0.2) is 4.79 Å². The summed E-state index contributed by atoms with van der Waals surface area (Å²) in [6, 6.07) is 5.51. The molecule has 6 heteroatoms. The molecule has 0 saturated heterocycles. The van der Waals surface area contributed by atoms with E-state index in [1.165, 1.54) is 6.42 Å². The van der Waals surface area contributed by atoms with Gasteiger partial charge in [0, 0.05) is 12.7 Å². The Morgan fingerprint density at radius 2 is 2.04 bits per heavy atom. The van der Waals surface area contributed by atoms with Gasteiger partial charge in [0.15, 0.2) is 11.5 Å². The van der Waals surface area contributed by atoms with Crippen molar-refractivity contribution < 1.29 is 4.79 Å². The summed E-state index contributed by atoms with van der Waals surface area (Å²) in [4.78, 5) is 12.2. The smallest absolute Gasteiger partial charge is 0.315 e. The van der Waals surface area contributed by atoms with Gasteiger partial charge in [-0.15, -0.1) is 10.2 Å². The molecule has 25 heavy (non-hydrogen) atoms. The SMILES string of the molecule is CCCC(NC(=O)NCCCCC(C)(C)C)c1nnc2ccccn12. The van der Waals surface area contributed by atoms with Gasteiger partial charge in [0.05, 0.1) is 6.04 Å². The molecule has 0 aliphatic rings. The van der Waals surface area contributed by atoms with E-state index in [-0.39, 0.29) is 12.1 Å². The van der Waals surface area contributed by atoms with Crippen molar-refractivity contribution in [1.29, 1.82) is 0 Å². The summed E-state index contributed by atoms with van der Waals surface area (Å²) in [7, 11) is 0. The maximum atomic E-state index is 12.2. The molecular formula is C19H31N5O. The number of hydrogen-bond acceptors (Lipinski definition) is 3. The Morgan fingerprint density at radius 1 is 1.24 bits per heavy atom. The lowest BCUT2D eigenvalue weighted by Gasteiger charge is -2.18. The first-order valence-corrected chi connectivity index (χ1v) is 9.25. The van der Waals surface area contributed by atoms with Crippen LogP contribution in [-0.4, -0.2) is 27.2 Å². The minimum absolute atomic E-state index is 0.137. The Hall–Kier alpha value is -2.11. The van der Waals surface area contributed by atoms with Gasteiger partial charge in [-0.2, -0.15) is 0 Å². The number of carbonyl (C=O) groups excluding carboxylic acids is 1. The number of amides is 2. The lowest BCUT2D eigenvalue weighted by molar-refractivity contribution is 0.235. The van der Waals surface area contributed by atoms with Crippen LogP contribution in [0.4, 0.5) is 4.79 Å². The predicted octanol–water partition coefficient (Wildman–Crippen LogP) is 4.09. The molecule has 0 aliphatic heterocycles. The third kappa shape index (κ3) is 6.03. The van der Waals surface area contributed by atoms with Crippen LogP contribution in [0.15, 0.2) is 24.4 Å². The summed E-state index contributed by atoms with van der Waals surface area (Å²) in [5.74, 6) is 0.778. The number of nitrogens with one attached hydrogen (secondary N) is 2. The maximum Gasteiger partial charge on any atom is 0.315 e. The number of fused-ring (bicyclic) bond motifs is 1. The van der Waals surface area contributed by atoms with Gasteiger partial charge >= 0.3 is 6.03 Å². The molecule has 138 valence electrons. The molecule has 0 saturated carbocycles. The molecule has 2 rings (SSSR count). The van der Waals surface area contributed by atoms with Crippen molar-refractivity contribution in [2.75, 3.05) is 6.54 Å². The number of urea groups is 1. The van der Waals surface area contributed by atoms with Crippen molar-refractivity contribution in [3.05, 3.63) is 30.2 Å². The fourth-order valence-corrected chi connectivity index (χ4v) is 2.84. The summed E-state index contributed by atoms with van der Waals surface area (Å²) in [6.45, 7) is 9.52. The van der Waals surface area contributed by atoms with Crippen LogP contribution >= 0.6 is 0 Å². The molecule has 0 aliphatic carbocycles. The van der Waals surface area contributed by atoms with E-state index in [4.69, 9.17) is 0 Å². The summed E-state index contributed by atoms with van der Waals surface area (Å²) in [5.41, 5.74) is 1.14. The average Bonchev–Trinajstić information content (AvgIpc) is 2.97. The number of pyridine rings is 1. The monoisotopic (exact) mass is 345 g/mol. The van der Waals surface area contributed by atoms with Gasteiger partial charge < -0.3 is 10.6 Å². The number of unbranched alkanes of at least 4 members (excludes halogenated alkanes) is 1. The van der Waals surface area contributed by atoms with Gasteiger partial charge in [0.2, 0.25) is 0 Å². The average molecular weight is 345 g/mol. The Labute approximate surface area is 150 Å². The van der Waals surface area contributed by atoms with Crippen molar-refractivity contribution in [3.8, 4) is 0 Å². The zero-order valence-electron chi connectivity index (χ0n) is 15.9. The van der Waals surface area contributed by atoms with E-state index in [0.717, 1.165) is 37.2 Å². The Bertz CT molecular complexity index is 674. The number of nitrogens with zero attached hydrogens (tertiary/aromatic N) is 3. The highest BCUT2D eigenvalue weighted by molar-refractivity contribution is 5.74. The second-order valence-corrected chi connectivity index (χ2v) is 7.75. The molecule has 1 atom stereocenters. The molecule has 0 spiro atoms. The minimum Gasteiger partial charge on any atom is -0.338 e. The van der Waals surface area contributed by atoms with Crippen molar-refractivity contribution in [1.82, 2.24) is 25.2 Å². The van der Waals surface area contributed by atoms with Crippen molar-refractivity contribution in [2.24, 2.45) is 5.41 Å². The Kier molecular flexibility index (Phi) is 6.79. The van der Waals surface area contributed by atoms with Crippen LogP contribution in [0.2, 0.25) is 0 Å². The first-order chi connectivity index (χ1) is 11.9. The van der Waals surface area contributed by atoms with E-state index in [9.17, 15) is 4.79 Å². The molecule has 2 N–H and O–H groups in total. The molecule has 2 amide bonds.